The van der Waals surface area contributed by atoms with Gasteiger partial charge in [0.1, 0.15) is 0 Å². The molecule has 0 heterocycles. The number of aromatic hydroxyl groups is 2. The molecule has 0 aliphatic rings. The van der Waals surface area contributed by atoms with Crippen molar-refractivity contribution in [1.29, 1.82) is 0 Å². The zero-order chi connectivity index (χ0) is 17.7. The Morgan fingerprint density at radius 1 is 1.00 bits per heavy atom. The van der Waals surface area contributed by atoms with Gasteiger partial charge in [0.25, 0.3) is 10.0 Å². The maximum Gasteiger partial charge on any atom is 0.276 e. The molecule has 0 atom stereocenters. The molecular weight excluding hydrogens is 336 g/mol. The van der Waals surface area contributed by atoms with Crippen LogP contribution >= 0.6 is 0 Å². The number of nitrogens with zero attached hydrogens (tertiary/aromatic N) is 1. The monoisotopic (exact) mass is 352 g/mol. The highest BCUT2D eigenvalue weighted by Crippen LogP contribution is 2.29. The fourth-order valence-corrected chi connectivity index (χ4v) is 2.63. The number of hydrogen-bond acceptors (Lipinski definition) is 7. The van der Waals surface area contributed by atoms with Crippen LogP contribution in [0.3, 0.4) is 0 Å². The minimum absolute atomic E-state index is 0.0501. The molecule has 0 spiro atoms. The van der Waals surface area contributed by atoms with E-state index in [-0.39, 0.29) is 22.1 Å². The molecule has 2 aromatic carbocycles. The molecule has 0 saturated carbocycles. The number of hydrazone groups is 1. The number of ether oxygens (including phenoxy) is 2. The summed E-state index contributed by atoms with van der Waals surface area (Å²) in [5.41, 5.74) is 0.403. The molecule has 0 aliphatic carbocycles. The molecule has 128 valence electrons. The van der Waals surface area contributed by atoms with Gasteiger partial charge in [0.15, 0.2) is 23.0 Å². The van der Waals surface area contributed by atoms with Gasteiger partial charge in [-0.3, -0.25) is 0 Å². The largest absolute Gasteiger partial charge is 0.504 e. The van der Waals surface area contributed by atoms with Crippen LogP contribution in [-0.4, -0.2) is 39.1 Å². The minimum atomic E-state index is -3.90. The predicted molar refractivity (Wildman–Crippen MR) is 87.2 cm³/mol. The van der Waals surface area contributed by atoms with Crippen LogP contribution < -0.4 is 14.3 Å². The third-order valence-corrected chi connectivity index (χ3v) is 4.27. The summed E-state index contributed by atoms with van der Waals surface area (Å²) in [6.45, 7) is 0. The first-order chi connectivity index (χ1) is 11.4. The van der Waals surface area contributed by atoms with E-state index >= 15 is 0 Å². The normalized spacial score (nSPS) is 11.4. The van der Waals surface area contributed by atoms with E-state index in [1.54, 1.807) is 0 Å². The standard InChI is InChI=1S/C15H16N2O6S/c1-22-14-6-4-11(8-15(14)23-2)24(20,21)17-16-9-10-3-5-12(18)13(19)7-10/h3-9,17-19H,1-2H3. The van der Waals surface area contributed by atoms with Crippen molar-refractivity contribution in [1.82, 2.24) is 4.83 Å². The smallest absolute Gasteiger partial charge is 0.276 e. The molecule has 0 saturated heterocycles. The number of sulfonamides is 1. The lowest BCUT2D eigenvalue weighted by molar-refractivity contribution is 0.354. The number of methoxy groups -OCH3 is 2. The molecule has 0 aliphatic heterocycles. The van der Waals surface area contributed by atoms with E-state index in [0.717, 1.165) is 0 Å². The Balaban J connectivity index is 2.19. The van der Waals surface area contributed by atoms with E-state index in [9.17, 15) is 18.6 Å². The van der Waals surface area contributed by atoms with E-state index in [0.29, 0.717) is 11.3 Å². The molecular formula is C15H16N2O6S. The van der Waals surface area contributed by atoms with E-state index in [1.165, 1.54) is 56.8 Å². The summed E-state index contributed by atoms with van der Waals surface area (Å²) in [5, 5.41) is 22.2. The van der Waals surface area contributed by atoms with Crippen molar-refractivity contribution in [2.75, 3.05) is 14.2 Å². The lowest BCUT2D eigenvalue weighted by Crippen LogP contribution is -2.18. The van der Waals surface area contributed by atoms with Crippen molar-refractivity contribution in [3.8, 4) is 23.0 Å². The molecule has 0 bridgehead atoms. The molecule has 9 heteroatoms. The zero-order valence-electron chi connectivity index (χ0n) is 12.9. The second-order valence-electron chi connectivity index (χ2n) is 4.62. The van der Waals surface area contributed by atoms with Crippen LogP contribution in [0.15, 0.2) is 46.4 Å². The molecule has 0 fully saturated rings. The highest BCUT2D eigenvalue weighted by molar-refractivity contribution is 7.89. The first kappa shape index (κ1) is 17.4. The lowest BCUT2D eigenvalue weighted by atomic mass is 10.2. The third-order valence-electron chi connectivity index (χ3n) is 3.05. The van der Waals surface area contributed by atoms with Gasteiger partial charge in [-0.15, -0.1) is 0 Å². The number of rotatable bonds is 6. The first-order valence-corrected chi connectivity index (χ1v) is 8.14. The molecule has 2 aromatic rings. The number of benzene rings is 2. The Morgan fingerprint density at radius 2 is 1.71 bits per heavy atom. The van der Waals surface area contributed by atoms with E-state index in [2.05, 4.69) is 5.10 Å². The molecule has 24 heavy (non-hydrogen) atoms. The minimum Gasteiger partial charge on any atom is -0.504 e. The van der Waals surface area contributed by atoms with Crippen molar-refractivity contribution in [2.45, 2.75) is 4.90 Å². The fourth-order valence-electron chi connectivity index (χ4n) is 1.83. The summed E-state index contributed by atoms with van der Waals surface area (Å²) in [4.78, 5) is 2.00. The zero-order valence-corrected chi connectivity index (χ0v) is 13.7. The van der Waals surface area contributed by atoms with Crippen LogP contribution in [0, 0.1) is 0 Å². The van der Waals surface area contributed by atoms with E-state index in [1.807, 2.05) is 4.83 Å². The number of phenolic OH excluding ortho intramolecular Hbond substituents is 2. The van der Waals surface area contributed by atoms with Gasteiger partial charge in [-0.1, -0.05) is 0 Å². The Kier molecular flexibility index (Phi) is 5.14. The Morgan fingerprint density at radius 3 is 2.33 bits per heavy atom. The van der Waals surface area contributed by atoms with Crippen molar-refractivity contribution in [3.05, 3.63) is 42.0 Å². The van der Waals surface area contributed by atoms with Gasteiger partial charge < -0.3 is 19.7 Å². The molecule has 0 amide bonds. The topological polar surface area (TPSA) is 117 Å². The Hall–Kier alpha value is -2.94. The highest BCUT2D eigenvalue weighted by atomic mass is 32.2. The van der Waals surface area contributed by atoms with Gasteiger partial charge in [0, 0.05) is 6.07 Å². The van der Waals surface area contributed by atoms with Crippen LogP contribution in [0.25, 0.3) is 0 Å². The van der Waals surface area contributed by atoms with Gasteiger partial charge in [0.05, 0.1) is 25.3 Å². The molecule has 0 aromatic heterocycles. The number of hydrogen-bond donors (Lipinski definition) is 3. The summed E-state index contributed by atoms with van der Waals surface area (Å²) >= 11 is 0. The maximum atomic E-state index is 12.2. The number of phenols is 2. The average Bonchev–Trinajstić information content (AvgIpc) is 2.57. The van der Waals surface area contributed by atoms with Gasteiger partial charge >= 0.3 is 0 Å². The molecule has 0 radical (unpaired) electrons. The van der Waals surface area contributed by atoms with Crippen molar-refractivity contribution in [3.63, 3.8) is 0 Å². The van der Waals surface area contributed by atoms with Crippen molar-refractivity contribution >= 4 is 16.2 Å². The van der Waals surface area contributed by atoms with Crippen LogP contribution in [0.4, 0.5) is 0 Å². The van der Waals surface area contributed by atoms with E-state index < -0.39 is 10.0 Å². The molecule has 2 rings (SSSR count). The Labute approximate surface area is 139 Å². The van der Waals surface area contributed by atoms with Crippen LogP contribution in [0.5, 0.6) is 23.0 Å². The second kappa shape index (κ2) is 7.09. The van der Waals surface area contributed by atoms with Gasteiger partial charge in [-0.25, -0.2) is 4.83 Å². The fraction of sp³-hybridized carbons (Fsp3) is 0.133. The summed E-state index contributed by atoms with van der Waals surface area (Å²) < 4.78 is 34.5. The second-order valence-corrected chi connectivity index (χ2v) is 6.28. The number of nitrogens with one attached hydrogen (secondary N) is 1. The lowest BCUT2D eigenvalue weighted by Gasteiger charge is -2.09. The van der Waals surface area contributed by atoms with Gasteiger partial charge in [-0.2, -0.15) is 13.5 Å². The highest BCUT2D eigenvalue weighted by Gasteiger charge is 2.16. The maximum absolute atomic E-state index is 12.2. The van der Waals surface area contributed by atoms with Crippen molar-refractivity contribution < 1.29 is 28.1 Å². The summed E-state index contributed by atoms with van der Waals surface area (Å²) in [6.07, 6.45) is 1.19. The van der Waals surface area contributed by atoms with Crippen LogP contribution in [0.2, 0.25) is 0 Å². The summed E-state index contributed by atoms with van der Waals surface area (Å²) in [7, 11) is -1.06. The van der Waals surface area contributed by atoms with Gasteiger partial charge in [-0.05, 0) is 35.9 Å². The third kappa shape index (κ3) is 3.87. The Bertz CT molecular complexity index is 864. The molecule has 3 N–H and O–H groups in total. The summed E-state index contributed by atoms with van der Waals surface area (Å²) in [6, 6.07) is 8.09. The SMILES string of the molecule is COc1ccc(S(=O)(=O)NN=Cc2ccc(O)c(O)c2)cc1OC. The van der Waals surface area contributed by atoms with E-state index in [4.69, 9.17) is 9.47 Å². The quantitative estimate of drug-likeness (QED) is 0.411. The first-order valence-electron chi connectivity index (χ1n) is 6.66. The predicted octanol–water partition coefficient (Wildman–Crippen LogP) is 1.43. The molecule has 0 unspecified atom stereocenters. The van der Waals surface area contributed by atoms with Crippen LogP contribution in [0.1, 0.15) is 5.56 Å². The van der Waals surface area contributed by atoms with Crippen LogP contribution in [-0.2, 0) is 10.0 Å². The summed E-state index contributed by atoms with van der Waals surface area (Å²) in [5.74, 6) is 0.0621. The average molecular weight is 352 g/mol. The molecule has 8 nitrogen and oxygen atoms in total. The van der Waals surface area contributed by atoms with Gasteiger partial charge in [0.2, 0.25) is 0 Å². The van der Waals surface area contributed by atoms with Crippen molar-refractivity contribution in [2.24, 2.45) is 5.10 Å².